The Balaban J connectivity index is 2.29. The molecule has 1 aromatic heterocycles. The van der Waals surface area contributed by atoms with Crippen molar-refractivity contribution in [2.75, 3.05) is 0 Å². The molecule has 0 N–H and O–H groups in total. The van der Waals surface area contributed by atoms with E-state index in [9.17, 15) is 14.0 Å². The summed E-state index contributed by atoms with van der Waals surface area (Å²) in [7, 11) is 0. The Morgan fingerprint density at radius 1 is 1.00 bits per heavy atom. The lowest BCUT2D eigenvalue weighted by molar-refractivity contribution is 0.0817. The average Bonchev–Trinajstić information content (AvgIpc) is 2.38. The first-order chi connectivity index (χ1) is 8.58. The lowest BCUT2D eigenvalue weighted by Gasteiger charge is -2.01. The van der Waals surface area contributed by atoms with Gasteiger partial charge in [-0.05, 0) is 36.4 Å². The Morgan fingerprint density at radius 3 is 2.22 bits per heavy atom. The third kappa shape index (κ3) is 2.60. The average molecular weight is 264 g/mol. The van der Waals surface area contributed by atoms with Crippen LogP contribution < -0.4 is 0 Å². The summed E-state index contributed by atoms with van der Waals surface area (Å²) in [5, 5.41) is 0.132. The van der Waals surface area contributed by atoms with E-state index in [-0.39, 0.29) is 16.3 Å². The van der Waals surface area contributed by atoms with Gasteiger partial charge in [-0.2, -0.15) is 0 Å². The quantitative estimate of drug-likeness (QED) is 0.486. The predicted molar refractivity (Wildman–Crippen MR) is 64.3 cm³/mol. The molecule has 1 heterocycles. The van der Waals surface area contributed by atoms with Crippen LogP contribution in [-0.4, -0.2) is 16.6 Å². The van der Waals surface area contributed by atoms with Crippen LogP contribution in [0.15, 0.2) is 42.6 Å². The van der Waals surface area contributed by atoms with Crippen LogP contribution in [0.1, 0.15) is 20.7 Å². The van der Waals surface area contributed by atoms with Crippen molar-refractivity contribution in [3.8, 4) is 0 Å². The Kier molecular flexibility index (Phi) is 3.48. The largest absolute Gasteiger partial charge is 0.285 e. The lowest BCUT2D eigenvalue weighted by Crippen LogP contribution is -2.14. The number of pyridine rings is 1. The topological polar surface area (TPSA) is 47.0 Å². The maximum absolute atomic E-state index is 12.7. The summed E-state index contributed by atoms with van der Waals surface area (Å²) in [5.74, 6) is -1.88. The highest BCUT2D eigenvalue weighted by molar-refractivity contribution is 6.49. The van der Waals surface area contributed by atoms with Gasteiger partial charge < -0.3 is 0 Å². The summed E-state index contributed by atoms with van der Waals surface area (Å²) in [6, 6.07) is 7.48. The zero-order valence-corrected chi connectivity index (χ0v) is 9.82. The first-order valence-electron chi connectivity index (χ1n) is 5.04. The molecule has 5 heteroatoms. The molecule has 0 saturated heterocycles. The molecule has 0 fully saturated rings. The van der Waals surface area contributed by atoms with Crippen LogP contribution in [0.5, 0.6) is 0 Å². The van der Waals surface area contributed by atoms with E-state index in [0.29, 0.717) is 0 Å². The van der Waals surface area contributed by atoms with Gasteiger partial charge in [-0.1, -0.05) is 11.6 Å². The molecule has 0 unspecified atom stereocenters. The van der Waals surface area contributed by atoms with E-state index in [1.54, 1.807) is 0 Å². The Labute approximate surface area is 107 Å². The van der Waals surface area contributed by atoms with E-state index >= 15 is 0 Å². The van der Waals surface area contributed by atoms with Gasteiger partial charge in [0.05, 0.1) is 0 Å². The summed E-state index contributed by atoms with van der Waals surface area (Å²) in [6.07, 6.45) is 1.34. The van der Waals surface area contributed by atoms with E-state index < -0.39 is 17.4 Å². The summed E-state index contributed by atoms with van der Waals surface area (Å²) in [5.41, 5.74) is 0.290. The molecule has 0 radical (unpaired) electrons. The minimum absolute atomic E-state index is 0.132. The Morgan fingerprint density at radius 2 is 1.61 bits per heavy atom. The van der Waals surface area contributed by atoms with E-state index in [1.165, 1.54) is 30.5 Å². The molecular formula is C13H7ClFNO2. The second kappa shape index (κ2) is 5.06. The second-order valence-corrected chi connectivity index (χ2v) is 3.92. The molecule has 0 spiro atoms. The standard InChI is InChI=1S/C13H7ClFNO2/c14-11-7-9(5-6-16-11)13(18)12(17)8-1-3-10(15)4-2-8/h1-7H. The van der Waals surface area contributed by atoms with Crippen molar-refractivity contribution in [2.45, 2.75) is 0 Å². The number of rotatable bonds is 3. The van der Waals surface area contributed by atoms with Gasteiger partial charge in [0.1, 0.15) is 11.0 Å². The summed E-state index contributed by atoms with van der Waals surface area (Å²) < 4.78 is 12.7. The molecular weight excluding hydrogens is 257 g/mol. The van der Waals surface area contributed by atoms with Gasteiger partial charge in [0.2, 0.25) is 11.6 Å². The molecule has 18 heavy (non-hydrogen) atoms. The molecule has 3 nitrogen and oxygen atoms in total. The highest BCUT2D eigenvalue weighted by atomic mass is 35.5. The van der Waals surface area contributed by atoms with Crippen molar-refractivity contribution < 1.29 is 14.0 Å². The van der Waals surface area contributed by atoms with Crippen LogP contribution in [0.25, 0.3) is 0 Å². The Hall–Kier alpha value is -2.07. The van der Waals surface area contributed by atoms with Crippen molar-refractivity contribution in [1.82, 2.24) is 4.98 Å². The highest BCUT2D eigenvalue weighted by Crippen LogP contribution is 2.11. The highest BCUT2D eigenvalue weighted by Gasteiger charge is 2.18. The van der Waals surface area contributed by atoms with Gasteiger partial charge in [-0.15, -0.1) is 0 Å². The van der Waals surface area contributed by atoms with E-state index in [0.717, 1.165) is 12.1 Å². The van der Waals surface area contributed by atoms with Crippen LogP contribution in [0.2, 0.25) is 5.15 Å². The number of halogens is 2. The van der Waals surface area contributed by atoms with Gasteiger partial charge in [-0.3, -0.25) is 9.59 Å². The molecule has 0 atom stereocenters. The fourth-order valence-electron chi connectivity index (χ4n) is 1.41. The molecule has 0 aliphatic carbocycles. The van der Waals surface area contributed by atoms with Crippen molar-refractivity contribution >= 4 is 23.2 Å². The number of benzene rings is 1. The SMILES string of the molecule is O=C(C(=O)c1ccnc(Cl)c1)c1ccc(F)cc1. The van der Waals surface area contributed by atoms with Crippen LogP contribution in [0, 0.1) is 5.82 Å². The van der Waals surface area contributed by atoms with E-state index in [1.807, 2.05) is 0 Å². The molecule has 0 amide bonds. The summed E-state index contributed by atoms with van der Waals surface area (Å²) >= 11 is 5.64. The lowest BCUT2D eigenvalue weighted by atomic mass is 10.0. The molecule has 2 rings (SSSR count). The number of aromatic nitrogens is 1. The normalized spacial score (nSPS) is 10.1. The first-order valence-corrected chi connectivity index (χ1v) is 5.42. The number of nitrogens with zero attached hydrogens (tertiary/aromatic N) is 1. The molecule has 0 bridgehead atoms. The maximum Gasteiger partial charge on any atom is 0.233 e. The van der Waals surface area contributed by atoms with E-state index in [4.69, 9.17) is 11.6 Å². The van der Waals surface area contributed by atoms with Gasteiger partial charge in [0, 0.05) is 17.3 Å². The number of ketones is 2. The molecule has 0 aliphatic rings. The molecule has 0 aliphatic heterocycles. The zero-order chi connectivity index (χ0) is 13.1. The van der Waals surface area contributed by atoms with Crippen LogP contribution >= 0.6 is 11.6 Å². The minimum Gasteiger partial charge on any atom is -0.285 e. The molecule has 0 saturated carbocycles. The second-order valence-electron chi connectivity index (χ2n) is 3.53. The summed E-state index contributed by atoms with van der Waals surface area (Å²) in [4.78, 5) is 27.4. The van der Waals surface area contributed by atoms with Crippen molar-refractivity contribution in [1.29, 1.82) is 0 Å². The molecule has 2 aromatic rings. The van der Waals surface area contributed by atoms with Crippen molar-refractivity contribution in [2.24, 2.45) is 0 Å². The minimum atomic E-state index is -0.711. The molecule has 1 aromatic carbocycles. The first kappa shape index (κ1) is 12.4. The Bertz CT molecular complexity index is 611. The molecule has 90 valence electrons. The van der Waals surface area contributed by atoms with Gasteiger partial charge in [0.25, 0.3) is 0 Å². The van der Waals surface area contributed by atoms with Crippen molar-refractivity contribution in [3.05, 3.63) is 64.7 Å². The third-order valence-electron chi connectivity index (χ3n) is 2.30. The third-order valence-corrected chi connectivity index (χ3v) is 2.51. The number of hydrogen-bond acceptors (Lipinski definition) is 3. The fourth-order valence-corrected chi connectivity index (χ4v) is 1.58. The van der Waals surface area contributed by atoms with Crippen molar-refractivity contribution in [3.63, 3.8) is 0 Å². The van der Waals surface area contributed by atoms with E-state index in [2.05, 4.69) is 4.98 Å². The van der Waals surface area contributed by atoms with Crippen LogP contribution in [0.4, 0.5) is 4.39 Å². The van der Waals surface area contributed by atoms with Crippen LogP contribution in [-0.2, 0) is 0 Å². The number of carbonyl (C=O) groups excluding carboxylic acids is 2. The monoisotopic (exact) mass is 263 g/mol. The maximum atomic E-state index is 12.7. The zero-order valence-electron chi connectivity index (χ0n) is 9.06. The smallest absolute Gasteiger partial charge is 0.233 e. The van der Waals surface area contributed by atoms with Gasteiger partial charge in [0.15, 0.2) is 0 Å². The number of carbonyl (C=O) groups is 2. The number of Topliss-reactive ketones (excluding diaryl/α,β-unsaturated/α-hetero) is 2. The van der Waals surface area contributed by atoms with Gasteiger partial charge >= 0.3 is 0 Å². The number of hydrogen-bond donors (Lipinski definition) is 0. The predicted octanol–water partition coefficient (Wildman–Crippen LogP) is 2.94. The van der Waals surface area contributed by atoms with Gasteiger partial charge in [-0.25, -0.2) is 9.37 Å². The van der Waals surface area contributed by atoms with Crippen LogP contribution in [0.3, 0.4) is 0 Å². The summed E-state index contributed by atoms with van der Waals surface area (Å²) in [6.45, 7) is 0. The fraction of sp³-hybridized carbons (Fsp3) is 0.